The number of aromatic nitrogens is 3. The Morgan fingerprint density at radius 1 is 0.154 bits per heavy atom. The minimum Gasteiger partial charge on any atom is -0.308 e. The van der Waals surface area contributed by atoms with Crippen LogP contribution >= 0.6 is 0 Å². The summed E-state index contributed by atoms with van der Waals surface area (Å²) in [6, 6.07) is 161. The highest BCUT2D eigenvalue weighted by atomic mass is 15.2. The highest BCUT2D eigenvalue weighted by Gasteiger charge is 2.32. The highest BCUT2D eigenvalue weighted by molar-refractivity contribution is 6.18. The van der Waals surface area contributed by atoms with Gasteiger partial charge in [0.25, 0.3) is 0 Å². The summed E-state index contributed by atoms with van der Waals surface area (Å²) in [6.45, 7) is 0. The van der Waals surface area contributed by atoms with Gasteiger partial charge in [-0.05, 0) is 255 Å². The van der Waals surface area contributed by atoms with Gasteiger partial charge >= 0.3 is 0 Å². The molecule has 0 saturated heterocycles. The van der Waals surface area contributed by atoms with Crippen molar-refractivity contribution in [1.29, 1.82) is 0 Å². The lowest BCUT2D eigenvalue weighted by Gasteiger charge is -2.33. The van der Waals surface area contributed by atoms with Crippen molar-refractivity contribution in [1.82, 2.24) is 15.0 Å². The largest absolute Gasteiger partial charge is 0.308 e. The first-order chi connectivity index (χ1) is 61.0. The van der Waals surface area contributed by atoms with Crippen molar-refractivity contribution >= 4 is 83.8 Å². The van der Waals surface area contributed by atoms with E-state index in [0.717, 1.165) is 62.4 Å². The monoisotopic (exact) mass is 1570 g/mol. The van der Waals surface area contributed by atoms with Crippen LogP contribution in [-0.2, 0) is 0 Å². The molecule has 18 aromatic carbocycles. The summed E-state index contributed by atoms with van der Waals surface area (Å²) in [5.74, 6) is 1.92. The number of benzene rings is 18. The van der Waals surface area contributed by atoms with Crippen molar-refractivity contribution in [2.75, 3.05) is 14.7 Å². The number of hydrogen-bond donors (Lipinski definition) is 0. The molecular formula is C117H78N6. The van der Waals surface area contributed by atoms with E-state index in [0.29, 0.717) is 0 Å². The van der Waals surface area contributed by atoms with Crippen LogP contribution in [0.2, 0.25) is 0 Å². The predicted octanol–water partition coefficient (Wildman–Crippen LogP) is 32.1. The fraction of sp³-hybridized carbons (Fsp3) is 0. The summed E-state index contributed by atoms with van der Waals surface area (Å²) in [6.07, 6.45) is 7.83. The van der Waals surface area contributed by atoms with Crippen molar-refractivity contribution in [2.24, 2.45) is 0 Å². The van der Waals surface area contributed by atoms with Crippen molar-refractivity contribution in [2.45, 2.75) is 0 Å². The molecule has 3 aliphatic rings. The van der Waals surface area contributed by atoms with E-state index in [1.165, 1.54) is 155 Å². The second kappa shape index (κ2) is 31.8. The molecule has 3 aromatic heterocycles. The third-order valence-corrected chi connectivity index (χ3v) is 24.0. The highest BCUT2D eigenvalue weighted by Crippen LogP contribution is 2.56. The molecule has 6 heterocycles. The maximum atomic E-state index is 4.98. The fourth-order valence-electron chi connectivity index (χ4n) is 18.3. The summed E-state index contributed by atoms with van der Waals surface area (Å²) in [5.41, 5.74) is 36.9. The maximum absolute atomic E-state index is 4.98. The standard InChI is InChI=1S/3C39H26N2/c1-3-11-27(12-4-1)29-15-7-16-30(23-29)31-17-8-19-34(25-31)41-37-21-9-18-32-24-33(28-13-5-2-6-14-28)26-36(38(32)37)35-20-10-22-40-39(35)41;1-3-11-27(12-4-1)29-15-9-16-30(21-29)31-17-10-18-34(23-31)41-37-20-8-7-19-35(37)36-24-32(28-13-5-2-6-14-28)22-33-25-40-26-38(41)39(33)36;1-3-11-27(12-4-1)29-15-9-16-30(23-29)31-17-10-18-34(25-31)41-37-20-8-7-19-35(37)36-26-33(28-13-5-2-6-14-28)24-32-21-22-40-39(41)38(32)36/h3*1-26H. The smallest absolute Gasteiger partial charge is 0.146 e. The topological polar surface area (TPSA) is 48.4 Å². The Morgan fingerprint density at radius 3 is 0.927 bits per heavy atom. The molecule has 0 radical (unpaired) electrons. The predicted molar refractivity (Wildman–Crippen MR) is 515 cm³/mol. The van der Waals surface area contributed by atoms with E-state index >= 15 is 0 Å². The van der Waals surface area contributed by atoms with Gasteiger partial charge in [-0.2, -0.15) is 0 Å². The Bertz CT molecular complexity index is 6850. The first kappa shape index (κ1) is 73.0. The lowest BCUT2D eigenvalue weighted by atomic mass is 9.89. The number of hydrogen-bond acceptors (Lipinski definition) is 6. The molecule has 0 amide bonds. The average molecular weight is 1570 g/mol. The Morgan fingerprint density at radius 2 is 0.463 bits per heavy atom. The van der Waals surface area contributed by atoms with Gasteiger partial charge in [-0.1, -0.05) is 322 Å². The van der Waals surface area contributed by atoms with Gasteiger partial charge in [0, 0.05) is 73.9 Å². The number of rotatable bonds is 12. The molecule has 6 nitrogen and oxygen atoms in total. The molecule has 3 aliphatic heterocycles. The average Bonchev–Trinajstić information content (AvgIpc) is 0.732. The zero-order chi connectivity index (χ0) is 81.5. The van der Waals surface area contributed by atoms with E-state index in [9.17, 15) is 0 Å². The van der Waals surface area contributed by atoms with Crippen LogP contribution in [0.25, 0.3) is 166 Å². The van der Waals surface area contributed by atoms with Crippen LogP contribution in [-0.4, -0.2) is 15.0 Å². The Hall–Kier alpha value is -16.4. The number of nitrogens with zero attached hydrogens (tertiary/aromatic N) is 6. The molecule has 6 heteroatoms. The lowest BCUT2D eigenvalue weighted by Crippen LogP contribution is -2.16. The molecule has 123 heavy (non-hydrogen) atoms. The minimum absolute atomic E-state index is 0.952. The molecule has 0 aliphatic carbocycles. The van der Waals surface area contributed by atoms with Crippen LogP contribution in [0, 0.1) is 0 Å². The van der Waals surface area contributed by atoms with Crippen LogP contribution in [0.5, 0.6) is 0 Å². The number of fused-ring (bicyclic) bond motifs is 6. The van der Waals surface area contributed by atoms with E-state index < -0.39 is 0 Å². The molecule has 0 spiro atoms. The third kappa shape index (κ3) is 13.8. The molecule has 0 unspecified atom stereocenters. The zero-order valence-corrected chi connectivity index (χ0v) is 67.2. The second-order valence-electron chi connectivity index (χ2n) is 31.4. The summed E-state index contributed by atoms with van der Waals surface area (Å²) in [5, 5.41) is 7.23. The van der Waals surface area contributed by atoms with Crippen molar-refractivity contribution < 1.29 is 0 Å². The van der Waals surface area contributed by atoms with Gasteiger partial charge in [0.1, 0.15) is 11.6 Å². The second-order valence-corrected chi connectivity index (χ2v) is 31.4. The summed E-state index contributed by atoms with van der Waals surface area (Å²) < 4.78 is 0. The van der Waals surface area contributed by atoms with E-state index in [2.05, 4.69) is 458 Å². The molecule has 0 atom stereocenters. The molecule has 0 fully saturated rings. The number of pyridine rings is 3. The van der Waals surface area contributed by atoms with Crippen LogP contribution in [0.4, 0.5) is 51.4 Å². The normalized spacial score (nSPS) is 11.9. The van der Waals surface area contributed by atoms with Crippen LogP contribution in [0.3, 0.4) is 0 Å². The van der Waals surface area contributed by atoms with E-state index in [1.54, 1.807) is 0 Å². The summed E-state index contributed by atoms with van der Waals surface area (Å²) in [7, 11) is 0. The first-order valence-corrected chi connectivity index (χ1v) is 41.9. The van der Waals surface area contributed by atoms with Gasteiger partial charge in [0.2, 0.25) is 0 Å². The van der Waals surface area contributed by atoms with Crippen molar-refractivity contribution in [3.05, 3.63) is 474 Å². The Labute approximate surface area is 715 Å². The Kier molecular flexibility index (Phi) is 18.9. The summed E-state index contributed by atoms with van der Waals surface area (Å²) >= 11 is 0. The van der Waals surface area contributed by atoms with Crippen LogP contribution in [0.15, 0.2) is 474 Å². The third-order valence-electron chi connectivity index (χ3n) is 24.0. The van der Waals surface area contributed by atoms with E-state index in [4.69, 9.17) is 15.0 Å². The van der Waals surface area contributed by atoms with Gasteiger partial charge in [-0.25, -0.2) is 9.97 Å². The van der Waals surface area contributed by atoms with Crippen LogP contribution < -0.4 is 14.7 Å². The fourth-order valence-corrected chi connectivity index (χ4v) is 18.3. The quantitative estimate of drug-likeness (QED) is 0.121. The van der Waals surface area contributed by atoms with E-state index in [1.807, 2.05) is 30.9 Å². The van der Waals surface area contributed by atoms with Gasteiger partial charge in [-0.15, -0.1) is 0 Å². The maximum Gasteiger partial charge on any atom is 0.146 e. The zero-order valence-electron chi connectivity index (χ0n) is 67.2. The van der Waals surface area contributed by atoms with E-state index in [-0.39, 0.29) is 0 Å². The van der Waals surface area contributed by atoms with Gasteiger partial charge in [0.15, 0.2) is 0 Å². The molecular weight excluding hydrogens is 1490 g/mol. The lowest BCUT2D eigenvalue weighted by molar-refractivity contribution is 1.18. The molecule has 0 bridgehead atoms. The van der Waals surface area contributed by atoms with Crippen molar-refractivity contribution in [3.63, 3.8) is 0 Å². The SMILES string of the molecule is c1ccc(-c2cccc(-c3cccc(N4c5ccccc5-c5cc(-c6ccccc6)cc6ccnc4c56)c3)c2)cc1.c1ccc(-c2cccc(-c3cccc(N4c5ccccc5-c5cc(-c6ccccc6)cc6cncc4c56)c3)c2)cc1.c1ccc(-c2cccc(-c3cccc(N4c5ncccc5-c5cc(-c6ccccc6)cc6cccc4c56)c3)c2)cc1. The Balaban J connectivity index is 0.000000110. The van der Waals surface area contributed by atoms with Gasteiger partial charge in [0.05, 0.1) is 28.9 Å². The number of para-hydroxylation sites is 2. The first-order valence-electron chi connectivity index (χ1n) is 41.9. The molecule has 0 saturated carbocycles. The molecule has 24 rings (SSSR count). The van der Waals surface area contributed by atoms with Crippen LogP contribution in [0.1, 0.15) is 0 Å². The molecule has 21 aromatic rings. The molecule has 576 valence electrons. The van der Waals surface area contributed by atoms with Crippen molar-refractivity contribution in [3.8, 4) is 134 Å². The number of anilines is 9. The van der Waals surface area contributed by atoms with Gasteiger partial charge in [-0.3, -0.25) is 14.8 Å². The molecule has 0 N–H and O–H groups in total. The summed E-state index contributed by atoms with van der Waals surface area (Å²) in [4.78, 5) is 21.7. The minimum atomic E-state index is 0.952. The van der Waals surface area contributed by atoms with Gasteiger partial charge < -0.3 is 4.90 Å².